The number of nitrogens with zero attached hydrogens (tertiary/aromatic N) is 1. The van der Waals surface area contributed by atoms with E-state index >= 15 is 0 Å². The second-order valence-electron chi connectivity index (χ2n) is 6.00. The highest BCUT2D eigenvalue weighted by molar-refractivity contribution is 5.56. The predicted octanol–water partition coefficient (Wildman–Crippen LogP) is 3.20. The van der Waals surface area contributed by atoms with Crippen LogP contribution < -0.4 is 10.6 Å². The molecule has 3 heteroatoms. The topological polar surface area (TPSA) is 29.3 Å². The molecular weight excluding hydrogens is 239 g/mol. The molecule has 3 unspecified atom stereocenters. The number of para-hydroxylation sites is 1. The number of rotatable bonds is 3. The number of anilines is 1. The second-order valence-corrected chi connectivity index (χ2v) is 6.00. The van der Waals surface area contributed by atoms with Crippen LogP contribution in [0.5, 0.6) is 0 Å². The molecule has 0 spiro atoms. The summed E-state index contributed by atoms with van der Waals surface area (Å²) in [4.78, 5) is 2.25. The molecule has 2 nitrogen and oxygen atoms in total. The fourth-order valence-electron chi connectivity index (χ4n) is 3.25. The number of hydrogen-bond donors (Lipinski definition) is 1. The first-order chi connectivity index (χ1) is 9.04. The van der Waals surface area contributed by atoms with E-state index in [9.17, 15) is 4.39 Å². The first-order valence-corrected chi connectivity index (χ1v) is 7.28. The van der Waals surface area contributed by atoms with E-state index < -0.39 is 0 Å². The minimum absolute atomic E-state index is 0.112. The fraction of sp³-hybridized carbons (Fsp3) is 0.625. The van der Waals surface area contributed by atoms with Gasteiger partial charge < -0.3 is 10.6 Å². The van der Waals surface area contributed by atoms with Crippen LogP contribution in [0, 0.1) is 17.7 Å². The largest absolute Gasteiger partial charge is 0.366 e. The number of hydrogen-bond acceptors (Lipinski definition) is 2. The lowest BCUT2D eigenvalue weighted by Gasteiger charge is -2.43. The summed E-state index contributed by atoms with van der Waals surface area (Å²) in [6.07, 6.45) is 1.96. The molecule has 1 aromatic rings. The maximum Gasteiger partial charge on any atom is 0.146 e. The molecule has 1 heterocycles. The molecule has 0 radical (unpaired) electrons. The first-order valence-electron chi connectivity index (χ1n) is 7.28. The van der Waals surface area contributed by atoms with Gasteiger partial charge in [-0.3, -0.25) is 0 Å². The van der Waals surface area contributed by atoms with Gasteiger partial charge in [-0.2, -0.15) is 0 Å². The Kier molecular flexibility index (Phi) is 4.46. The van der Waals surface area contributed by atoms with E-state index in [0.29, 0.717) is 24.4 Å². The number of benzene rings is 1. The quantitative estimate of drug-likeness (QED) is 0.908. The Morgan fingerprint density at radius 2 is 2.05 bits per heavy atom. The van der Waals surface area contributed by atoms with Crippen LogP contribution in [0.3, 0.4) is 0 Å². The minimum Gasteiger partial charge on any atom is -0.366 e. The number of piperidine rings is 1. The second kappa shape index (κ2) is 5.91. The normalized spacial score (nSPS) is 27.6. The molecule has 1 aliphatic heterocycles. The fourth-order valence-corrected chi connectivity index (χ4v) is 3.25. The van der Waals surface area contributed by atoms with Gasteiger partial charge in [-0.15, -0.1) is 0 Å². The molecule has 1 aliphatic rings. The third-order valence-corrected chi connectivity index (χ3v) is 4.37. The van der Waals surface area contributed by atoms with Gasteiger partial charge in [-0.25, -0.2) is 4.39 Å². The van der Waals surface area contributed by atoms with E-state index in [4.69, 9.17) is 5.73 Å². The molecule has 2 rings (SSSR count). The molecule has 1 saturated heterocycles. The van der Waals surface area contributed by atoms with Crippen LogP contribution in [0.15, 0.2) is 18.2 Å². The molecule has 19 heavy (non-hydrogen) atoms. The maximum atomic E-state index is 14.3. The summed E-state index contributed by atoms with van der Waals surface area (Å²) in [5, 5.41) is 0. The Bertz CT molecular complexity index is 433. The van der Waals surface area contributed by atoms with E-state index in [1.165, 1.54) is 6.42 Å². The highest BCUT2D eigenvalue weighted by Gasteiger charge is 2.31. The van der Waals surface area contributed by atoms with E-state index in [2.05, 4.69) is 25.7 Å². The van der Waals surface area contributed by atoms with Crippen molar-refractivity contribution in [3.05, 3.63) is 29.6 Å². The van der Waals surface area contributed by atoms with Gasteiger partial charge in [0.25, 0.3) is 0 Å². The summed E-state index contributed by atoms with van der Waals surface area (Å²) < 4.78 is 14.3. The summed E-state index contributed by atoms with van der Waals surface area (Å²) in [5.41, 5.74) is 7.47. The van der Waals surface area contributed by atoms with Crippen LogP contribution in [-0.4, -0.2) is 19.1 Å². The average Bonchev–Trinajstić information content (AvgIpc) is 2.35. The van der Waals surface area contributed by atoms with Gasteiger partial charge in [0.05, 0.1) is 5.69 Å². The molecule has 0 aromatic heterocycles. The zero-order chi connectivity index (χ0) is 14.0. The Balaban J connectivity index is 2.38. The van der Waals surface area contributed by atoms with Gasteiger partial charge in [0.15, 0.2) is 0 Å². The van der Waals surface area contributed by atoms with Gasteiger partial charge in [0.2, 0.25) is 0 Å². The molecule has 0 aliphatic carbocycles. The van der Waals surface area contributed by atoms with Crippen LogP contribution in [0.25, 0.3) is 0 Å². The molecule has 106 valence electrons. The van der Waals surface area contributed by atoms with Crippen molar-refractivity contribution in [2.75, 3.05) is 18.0 Å². The molecule has 3 atom stereocenters. The number of nitrogens with two attached hydrogens (primary N) is 1. The predicted molar refractivity (Wildman–Crippen MR) is 78.9 cm³/mol. The molecule has 1 aromatic carbocycles. The summed E-state index contributed by atoms with van der Waals surface area (Å²) in [6.45, 7) is 8.21. The summed E-state index contributed by atoms with van der Waals surface area (Å²) in [7, 11) is 0. The molecule has 1 fully saturated rings. The van der Waals surface area contributed by atoms with Crippen molar-refractivity contribution in [2.45, 2.75) is 39.7 Å². The van der Waals surface area contributed by atoms with E-state index in [0.717, 1.165) is 24.2 Å². The SMILES string of the molecule is CC1CC(C)C(C)N(c2c(F)cccc2CCN)C1. The monoisotopic (exact) mass is 264 g/mol. The smallest absolute Gasteiger partial charge is 0.146 e. The van der Waals surface area contributed by atoms with Gasteiger partial charge in [0.1, 0.15) is 5.82 Å². The van der Waals surface area contributed by atoms with Crippen molar-refractivity contribution in [3.63, 3.8) is 0 Å². The molecule has 0 amide bonds. The Morgan fingerprint density at radius 3 is 2.74 bits per heavy atom. The van der Waals surface area contributed by atoms with Crippen molar-refractivity contribution in [1.82, 2.24) is 0 Å². The van der Waals surface area contributed by atoms with Crippen LogP contribution in [0.4, 0.5) is 10.1 Å². The lowest BCUT2D eigenvalue weighted by atomic mass is 9.85. The van der Waals surface area contributed by atoms with Gasteiger partial charge in [-0.1, -0.05) is 26.0 Å². The summed E-state index contributed by atoms with van der Waals surface area (Å²) in [5.74, 6) is 1.09. The van der Waals surface area contributed by atoms with Crippen molar-refractivity contribution in [2.24, 2.45) is 17.6 Å². The Hall–Kier alpha value is -1.09. The molecule has 2 N–H and O–H groups in total. The summed E-state index contributed by atoms with van der Waals surface area (Å²) in [6, 6.07) is 5.73. The highest BCUT2D eigenvalue weighted by atomic mass is 19.1. The number of halogens is 1. The van der Waals surface area contributed by atoms with E-state index in [1.54, 1.807) is 12.1 Å². The molecule has 0 bridgehead atoms. The van der Waals surface area contributed by atoms with Gasteiger partial charge in [0, 0.05) is 12.6 Å². The molecular formula is C16H25FN2. The van der Waals surface area contributed by atoms with Gasteiger partial charge >= 0.3 is 0 Å². The van der Waals surface area contributed by atoms with E-state index in [1.807, 2.05) is 6.07 Å². The average molecular weight is 264 g/mol. The van der Waals surface area contributed by atoms with Crippen molar-refractivity contribution in [1.29, 1.82) is 0 Å². The Labute approximate surface area is 115 Å². The minimum atomic E-state index is -0.112. The van der Waals surface area contributed by atoms with Crippen LogP contribution >= 0.6 is 0 Å². The Morgan fingerprint density at radius 1 is 1.32 bits per heavy atom. The standard InChI is InChI=1S/C16H25FN2/c1-11-9-12(2)13(3)19(10-11)16-14(7-8-18)5-4-6-15(16)17/h4-6,11-13H,7-10,18H2,1-3H3. The van der Waals surface area contributed by atoms with Crippen LogP contribution in [0.1, 0.15) is 32.8 Å². The lowest BCUT2D eigenvalue weighted by Crippen LogP contribution is -2.46. The van der Waals surface area contributed by atoms with Crippen molar-refractivity contribution >= 4 is 5.69 Å². The zero-order valence-corrected chi connectivity index (χ0v) is 12.2. The van der Waals surface area contributed by atoms with Crippen molar-refractivity contribution in [3.8, 4) is 0 Å². The maximum absolute atomic E-state index is 14.3. The van der Waals surface area contributed by atoms with Crippen molar-refractivity contribution < 1.29 is 4.39 Å². The first kappa shape index (κ1) is 14.3. The van der Waals surface area contributed by atoms with Crippen LogP contribution in [-0.2, 0) is 6.42 Å². The zero-order valence-electron chi connectivity index (χ0n) is 12.2. The summed E-state index contributed by atoms with van der Waals surface area (Å²) >= 11 is 0. The highest BCUT2D eigenvalue weighted by Crippen LogP contribution is 2.34. The van der Waals surface area contributed by atoms with Crippen LogP contribution in [0.2, 0.25) is 0 Å². The third kappa shape index (κ3) is 2.92. The van der Waals surface area contributed by atoms with Gasteiger partial charge in [-0.05, 0) is 49.8 Å². The third-order valence-electron chi connectivity index (χ3n) is 4.37. The molecule has 0 saturated carbocycles. The lowest BCUT2D eigenvalue weighted by molar-refractivity contribution is 0.294. The van der Waals surface area contributed by atoms with E-state index in [-0.39, 0.29) is 5.82 Å².